The van der Waals surface area contributed by atoms with Crippen molar-refractivity contribution in [3.63, 3.8) is 0 Å². The molecule has 0 radical (unpaired) electrons. The topological polar surface area (TPSA) is 125 Å². The molecule has 2 heterocycles. The Morgan fingerprint density at radius 3 is 1.71 bits per heavy atom. The van der Waals surface area contributed by atoms with E-state index in [4.69, 9.17) is 24.7 Å². The van der Waals surface area contributed by atoms with E-state index in [2.05, 4.69) is 125 Å². The average Bonchev–Trinajstić information content (AvgIpc) is 3.06. The fourth-order valence-corrected chi connectivity index (χ4v) is 5.90. The molecule has 0 saturated carbocycles. The summed E-state index contributed by atoms with van der Waals surface area (Å²) in [5.74, 6) is 0.634. The zero-order chi connectivity index (χ0) is 33.3. The zero-order valence-corrected chi connectivity index (χ0v) is 32.5. The molecule has 0 amide bonds. The van der Waals surface area contributed by atoms with Gasteiger partial charge < -0.3 is 34.6 Å². The van der Waals surface area contributed by atoms with Crippen molar-refractivity contribution in [2.45, 2.75) is 148 Å². The van der Waals surface area contributed by atoms with Crippen molar-refractivity contribution < 1.29 is 18.7 Å². The molecule has 2 aliphatic heterocycles. The molecule has 42 heavy (non-hydrogen) atoms. The second-order valence-electron chi connectivity index (χ2n) is 16.6. The predicted octanol–water partition coefficient (Wildman–Crippen LogP) is 6.79. The van der Waals surface area contributed by atoms with Crippen molar-refractivity contribution in [1.82, 2.24) is 10.2 Å². The molecule has 5 N–H and O–H groups in total. The van der Waals surface area contributed by atoms with Gasteiger partial charge in [0.25, 0.3) is 0 Å². The van der Waals surface area contributed by atoms with Crippen molar-refractivity contribution in [2.75, 3.05) is 6.61 Å². The molecule has 0 aliphatic carbocycles. The van der Waals surface area contributed by atoms with E-state index in [-0.39, 0.29) is 22.6 Å². The smallest absolute Gasteiger partial charge is 0.192 e. The van der Waals surface area contributed by atoms with Crippen molar-refractivity contribution in [2.24, 2.45) is 10.7 Å². The van der Waals surface area contributed by atoms with Gasteiger partial charge in [0, 0.05) is 14.3 Å². The molecule has 2 aliphatic rings. The maximum absolute atomic E-state index is 10.3. The van der Waals surface area contributed by atoms with Crippen LogP contribution in [0.25, 0.3) is 0 Å². The lowest BCUT2D eigenvalue weighted by Crippen LogP contribution is -2.56. The number of nitrogens with one attached hydrogen (secondary N) is 2. The Hall–Kier alpha value is -1.29. The van der Waals surface area contributed by atoms with E-state index < -0.39 is 49.2 Å². The van der Waals surface area contributed by atoms with Crippen LogP contribution in [0.3, 0.4) is 0 Å². The molecule has 1 unspecified atom stereocenters. The Morgan fingerprint density at radius 1 is 0.952 bits per heavy atom. The number of nitrogens with two attached hydrogens (primary N) is 1. The van der Waals surface area contributed by atoms with Gasteiger partial charge in [-0.25, -0.2) is 4.99 Å². The minimum atomic E-state index is -2.24. The SMILES string of the molecule is C=C1N=C(NC(=N)N)C=CN1[C@@H]1O[C@H](CO)C(O[Si](C)(C)C(C)(C)C)[C@@H]1O[Si](C)(C)C(C)(C)C.CC(C)(C)[Si](C)(C)C. The van der Waals surface area contributed by atoms with E-state index in [0.29, 0.717) is 16.7 Å². The van der Waals surface area contributed by atoms with Crippen molar-refractivity contribution >= 4 is 36.5 Å². The first-order valence-corrected chi connectivity index (χ1v) is 24.3. The molecule has 12 heteroatoms. The lowest BCUT2D eigenvalue weighted by molar-refractivity contribution is -0.0670. The largest absolute Gasteiger partial charge is 0.408 e. The summed E-state index contributed by atoms with van der Waals surface area (Å²) in [4.78, 5) is 6.23. The quantitative estimate of drug-likeness (QED) is 0.143. The predicted molar refractivity (Wildman–Crippen MR) is 186 cm³/mol. The summed E-state index contributed by atoms with van der Waals surface area (Å²) in [6.07, 6.45) is 1.48. The van der Waals surface area contributed by atoms with E-state index in [0.717, 1.165) is 0 Å². The van der Waals surface area contributed by atoms with Gasteiger partial charge in [-0.1, -0.05) is 88.5 Å². The standard InChI is InChI=1S/C23H45N5O4Si2.C7H18Si/c1-15-26-17(27-21(24)25)12-13-28(15)20-19(32-34(10,11)23(5,6)7)18(16(14-29)30-20)31-33(8,9)22(2,3)4;1-7(2,3)8(4,5)6/h12-13,16,18-20,29H,1,14H2,2-11H3,(H4,24,25,26,27);1-6H3/t16-,18?,19+,20-;/m1./s1. The number of rotatable bonds is 6. The van der Waals surface area contributed by atoms with Crippen LogP contribution in [0.15, 0.2) is 29.7 Å². The second kappa shape index (κ2) is 13.4. The van der Waals surface area contributed by atoms with Crippen LogP contribution in [0.4, 0.5) is 0 Å². The number of hydrogen-bond acceptors (Lipinski definition) is 7. The molecule has 0 spiro atoms. The molecule has 244 valence electrons. The van der Waals surface area contributed by atoms with E-state index in [9.17, 15) is 5.11 Å². The number of guanidine groups is 1. The van der Waals surface area contributed by atoms with E-state index in [1.54, 1.807) is 17.2 Å². The van der Waals surface area contributed by atoms with Gasteiger partial charge in [-0.05, 0) is 47.4 Å². The van der Waals surface area contributed by atoms with Gasteiger partial charge in [-0.3, -0.25) is 5.41 Å². The third kappa shape index (κ3) is 9.86. The third-order valence-electron chi connectivity index (χ3n) is 9.67. The maximum atomic E-state index is 10.3. The Kier molecular flexibility index (Phi) is 12.3. The summed E-state index contributed by atoms with van der Waals surface area (Å²) in [7, 11) is -5.30. The van der Waals surface area contributed by atoms with Gasteiger partial charge in [-0.2, -0.15) is 0 Å². The molecule has 9 nitrogen and oxygen atoms in total. The van der Waals surface area contributed by atoms with Crippen LogP contribution in [-0.4, -0.2) is 77.7 Å². The van der Waals surface area contributed by atoms with Crippen molar-refractivity contribution in [3.8, 4) is 0 Å². The first kappa shape index (κ1) is 38.7. The Labute approximate surface area is 260 Å². The van der Waals surface area contributed by atoms with Gasteiger partial charge in [-0.15, -0.1) is 0 Å². The van der Waals surface area contributed by atoms with Crippen LogP contribution in [0.5, 0.6) is 0 Å². The van der Waals surface area contributed by atoms with Gasteiger partial charge >= 0.3 is 0 Å². The van der Waals surface area contributed by atoms with Crippen LogP contribution >= 0.6 is 0 Å². The van der Waals surface area contributed by atoms with E-state index >= 15 is 0 Å². The minimum absolute atomic E-state index is 0.0151. The van der Waals surface area contributed by atoms with Gasteiger partial charge in [0.2, 0.25) is 0 Å². The molecule has 0 aromatic heterocycles. The number of nitrogens with zero attached hydrogens (tertiary/aromatic N) is 2. The highest BCUT2D eigenvalue weighted by Gasteiger charge is 2.55. The summed E-state index contributed by atoms with van der Waals surface area (Å²) >= 11 is 0. The average molecular weight is 642 g/mol. The number of aliphatic hydroxyl groups excluding tert-OH is 1. The Morgan fingerprint density at radius 2 is 1.38 bits per heavy atom. The van der Waals surface area contributed by atoms with E-state index in [1.165, 1.54) is 0 Å². The van der Waals surface area contributed by atoms with Crippen molar-refractivity contribution in [3.05, 3.63) is 24.7 Å². The van der Waals surface area contributed by atoms with Crippen LogP contribution in [0.2, 0.25) is 60.9 Å². The molecular formula is C30H63N5O4Si3. The number of ether oxygens (including phenoxy) is 1. The zero-order valence-electron chi connectivity index (χ0n) is 29.5. The molecule has 0 aromatic rings. The molecular weight excluding hydrogens is 579 g/mol. The highest BCUT2D eigenvalue weighted by molar-refractivity contribution is 6.78. The first-order chi connectivity index (χ1) is 18.6. The van der Waals surface area contributed by atoms with E-state index in [1.807, 2.05) is 0 Å². The fraction of sp³-hybridized carbons (Fsp3) is 0.800. The molecule has 0 bridgehead atoms. The summed E-state index contributed by atoms with van der Waals surface area (Å²) in [6, 6.07) is 0. The highest BCUT2D eigenvalue weighted by Crippen LogP contribution is 2.44. The van der Waals surface area contributed by atoms with Crippen LogP contribution in [0.1, 0.15) is 62.3 Å². The molecule has 0 aromatic carbocycles. The first-order valence-electron chi connectivity index (χ1n) is 15.0. The molecule has 1 saturated heterocycles. The Balaban J connectivity index is 0.000000962. The second-order valence-corrected chi connectivity index (χ2v) is 32.1. The maximum Gasteiger partial charge on any atom is 0.192 e. The highest BCUT2D eigenvalue weighted by atomic mass is 28.4. The summed E-state index contributed by atoms with van der Waals surface area (Å²) in [6.45, 7) is 40.1. The molecule has 2 rings (SSSR count). The summed E-state index contributed by atoms with van der Waals surface area (Å²) < 4.78 is 20.2. The fourth-order valence-electron chi connectivity index (χ4n) is 3.29. The number of aliphatic hydroxyl groups is 1. The van der Waals surface area contributed by atoms with Crippen LogP contribution in [-0.2, 0) is 13.6 Å². The van der Waals surface area contributed by atoms with Gasteiger partial charge in [0.1, 0.15) is 30.0 Å². The number of hydrogen-bond donors (Lipinski definition) is 4. The summed E-state index contributed by atoms with van der Waals surface area (Å²) in [5.41, 5.74) is 5.44. The minimum Gasteiger partial charge on any atom is -0.408 e. The lowest BCUT2D eigenvalue weighted by Gasteiger charge is -2.45. The molecule has 1 fully saturated rings. The van der Waals surface area contributed by atoms with Gasteiger partial charge in [0.15, 0.2) is 28.8 Å². The van der Waals surface area contributed by atoms with Gasteiger partial charge in [0.05, 0.1) is 6.61 Å². The normalized spacial score (nSPS) is 24.3. The van der Waals surface area contributed by atoms with Crippen LogP contribution in [0, 0.1) is 5.41 Å². The monoisotopic (exact) mass is 641 g/mol. The molecule has 4 atom stereocenters. The third-order valence-corrected chi connectivity index (χ3v) is 23.1. The van der Waals surface area contributed by atoms with Crippen LogP contribution < -0.4 is 11.1 Å². The lowest BCUT2D eigenvalue weighted by atomic mass is 10.1. The number of aliphatic imine (C=N–C) groups is 1. The Bertz CT molecular complexity index is 1010. The number of amidine groups is 1. The summed E-state index contributed by atoms with van der Waals surface area (Å²) in [5, 5.41) is 20.9. The van der Waals surface area contributed by atoms with Crippen molar-refractivity contribution in [1.29, 1.82) is 5.41 Å².